The van der Waals surface area contributed by atoms with Crippen LogP contribution in [0.15, 0.2) is 200 Å². The van der Waals surface area contributed by atoms with E-state index >= 15 is 0 Å². The first-order valence-corrected chi connectivity index (χ1v) is 20.5. The minimum Gasteiger partial charge on any atom is -0.309 e. The molecule has 0 fully saturated rings. The molecule has 0 bridgehead atoms. The van der Waals surface area contributed by atoms with Crippen LogP contribution in [-0.4, -0.2) is 14.5 Å². The Hall–Kier alpha value is -7.40. The predicted molar refractivity (Wildman–Crippen MR) is 246 cm³/mol. The summed E-state index contributed by atoms with van der Waals surface area (Å²) >= 11 is 1.90. The first kappa shape index (κ1) is 32.8. The molecular weight excluding hydrogens is 723 g/mol. The van der Waals surface area contributed by atoms with Crippen LogP contribution in [0, 0.1) is 0 Å². The molecule has 3 heterocycles. The molecule has 0 atom stereocenters. The van der Waals surface area contributed by atoms with Crippen LogP contribution >= 0.6 is 11.3 Å². The highest BCUT2D eigenvalue weighted by Gasteiger charge is 2.23. The molecule has 12 aromatic rings. The molecule has 3 nitrogen and oxygen atoms in total. The Morgan fingerprint density at radius 2 is 0.966 bits per heavy atom. The van der Waals surface area contributed by atoms with Gasteiger partial charge in [0.15, 0.2) is 5.82 Å². The van der Waals surface area contributed by atoms with Crippen LogP contribution in [0.1, 0.15) is 0 Å². The SMILES string of the molecule is c1ccc(-c2ccc3sc4c5ccccc5c5c(c4c3c2)c2c3ccccc3ccc2n5-c2ccc(-c3nc(-c4ccccc4)cc(-c4ccccc4)n3)cc2)cc1. The lowest BCUT2D eigenvalue weighted by molar-refractivity contribution is 1.17. The minimum absolute atomic E-state index is 0.700. The molecular formula is C54H33N3S. The summed E-state index contributed by atoms with van der Waals surface area (Å²) in [6, 6.07) is 71.8. The van der Waals surface area contributed by atoms with Crippen molar-refractivity contribution in [2.75, 3.05) is 0 Å². The molecule has 4 heteroatoms. The summed E-state index contributed by atoms with van der Waals surface area (Å²) in [4.78, 5) is 10.3. The Kier molecular flexibility index (Phi) is 7.40. The van der Waals surface area contributed by atoms with Crippen LogP contribution in [0.3, 0.4) is 0 Å². The summed E-state index contributed by atoms with van der Waals surface area (Å²) in [5.74, 6) is 0.700. The van der Waals surface area contributed by atoms with Crippen molar-refractivity contribution in [3.63, 3.8) is 0 Å². The Morgan fingerprint density at radius 3 is 1.66 bits per heavy atom. The zero-order valence-corrected chi connectivity index (χ0v) is 32.1. The Bertz CT molecular complexity index is 3470. The van der Waals surface area contributed by atoms with Gasteiger partial charge in [-0.2, -0.15) is 0 Å². The Morgan fingerprint density at radius 1 is 0.379 bits per heavy atom. The number of rotatable bonds is 5. The molecule has 9 aromatic carbocycles. The van der Waals surface area contributed by atoms with Gasteiger partial charge in [0.2, 0.25) is 0 Å². The molecule has 3 aromatic heterocycles. The summed E-state index contributed by atoms with van der Waals surface area (Å²) < 4.78 is 5.12. The summed E-state index contributed by atoms with van der Waals surface area (Å²) in [5.41, 5.74) is 10.8. The Balaban J connectivity index is 1.14. The Labute approximate surface area is 338 Å². The van der Waals surface area contributed by atoms with Crippen molar-refractivity contribution < 1.29 is 0 Å². The van der Waals surface area contributed by atoms with E-state index in [4.69, 9.17) is 9.97 Å². The van der Waals surface area contributed by atoms with Gasteiger partial charge in [0.1, 0.15) is 0 Å². The van der Waals surface area contributed by atoms with E-state index in [1.165, 1.54) is 74.6 Å². The van der Waals surface area contributed by atoms with Crippen molar-refractivity contribution in [1.82, 2.24) is 14.5 Å². The van der Waals surface area contributed by atoms with E-state index in [2.05, 4.69) is 193 Å². The molecule has 0 N–H and O–H groups in total. The van der Waals surface area contributed by atoms with Crippen LogP contribution in [0.4, 0.5) is 0 Å². The minimum atomic E-state index is 0.700. The van der Waals surface area contributed by atoms with E-state index < -0.39 is 0 Å². The van der Waals surface area contributed by atoms with Crippen LogP contribution < -0.4 is 0 Å². The first-order chi connectivity index (χ1) is 28.8. The molecule has 0 saturated carbocycles. The van der Waals surface area contributed by atoms with Gasteiger partial charge in [0.25, 0.3) is 0 Å². The van der Waals surface area contributed by atoms with Gasteiger partial charge in [-0.15, -0.1) is 11.3 Å². The quantitative estimate of drug-likeness (QED) is 0.175. The van der Waals surface area contributed by atoms with Crippen molar-refractivity contribution in [2.24, 2.45) is 0 Å². The van der Waals surface area contributed by atoms with E-state index in [1.54, 1.807) is 0 Å². The smallest absolute Gasteiger partial charge is 0.160 e. The topological polar surface area (TPSA) is 30.7 Å². The standard InChI is InChI=1S/C54H33N3S/c1-4-14-34(15-5-1)39-27-31-48-44(32-39)50-51-49-41-21-11-10-16-35(41)26-30-47(49)57(52(51)42-22-12-13-23-43(42)53(50)58-48)40-28-24-38(25-29-40)54-55-45(36-17-6-2-7-18-36)33-46(56-54)37-19-8-3-9-20-37/h1-33H. The van der Waals surface area contributed by atoms with E-state index in [1.807, 2.05) is 23.5 Å². The van der Waals surface area contributed by atoms with Crippen LogP contribution in [0.5, 0.6) is 0 Å². The predicted octanol–water partition coefficient (Wildman–Crippen LogP) is 14.9. The molecule has 0 radical (unpaired) electrons. The number of thiophene rings is 1. The summed E-state index contributed by atoms with van der Waals surface area (Å²) in [7, 11) is 0. The van der Waals surface area contributed by atoms with Crippen LogP contribution in [0.2, 0.25) is 0 Å². The van der Waals surface area contributed by atoms with Crippen molar-refractivity contribution >= 4 is 74.9 Å². The van der Waals surface area contributed by atoms with Gasteiger partial charge >= 0.3 is 0 Å². The monoisotopic (exact) mass is 755 g/mol. The molecule has 0 aliphatic heterocycles. The average molecular weight is 756 g/mol. The lowest BCUT2D eigenvalue weighted by Gasteiger charge is -2.13. The summed E-state index contributed by atoms with van der Waals surface area (Å²) in [6.07, 6.45) is 0. The van der Waals surface area contributed by atoms with Gasteiger partial charge in [-0.1, -0.05) is 152 Å². The first-order valence-electron chi connectivity index (χ1n) is 19.7. The van der Waals surface area contributed by atoms with E-state index in [0.29, 0.717) is 5.82 Å². The van der Waals surface area contributed by atoms with Gasteiger partial charge in [-0.3, -0.25) is 0 Å². The molecule has 0 aliphatic carbocycles. The largest absolute Gasteiger partial charge is 0.309 e. The van der Waals surface area contributed by atoms with Gasteiger partial charge in [-0.05, 0) is 70.4 Å². The fourth-order valence-corrected chi connectivity index (χ4v) is 10.1. The molecule has 0 spiro atoms. The lowest BCUT2D eigenvalue weighted by Crippen LogP contribution is -1.97. The second-order valence-corrected chi connectivity index (χ2v) is 16.0. The number of nitrogens with zero attached hydrogens (tertiary/aromatic N) is 3. The average Bonchev–Trinajstić information content (AvgIpc) is 3.86. The van der Waals surface area contributed by atoms with Crippen LogP contribution in [0.25, 0.3) is 114 Å². The zero-order valence-electron chi connectivity index (χ0n) is 31.3. The maximum absolute atomic E-state index is 5.14. The third kappa shape index (κ3) is 5.12. The maximum atomic E-state index is 5.14. The second-order valence-electron chi connectivity index (χ2n) is 14.9. The van der Waals surface area contributed by atoms with Gasteiger partial charge < -0.3 is 4.57 Å². The maximum Gasteiger partial charge on any atom is 0.160 e. The molecule has 0 unspecified atom stereocenters. The third-order valence-electron chi connectivity index (χ3n) is 11.6. The lowest BCUT2D eigenvalue weighted by atomic mass is 9.96. The van der Waals surface area contributed by atoms with Crippen molar-refractivity contribution in [3.8, 4) is 50.7 Å². The molecule has 270 valence electrons. The molecule has 0 amide bonds. The fourth-order valence-electron chi connectivity index (χ4n) is 8.91. The summed E-state index contributed by atoms with van der Waals surface area (Å²) in [5, 5.41) is 10.2. The number of fused-ring (bicyclic) bond motifs is 12. The zero-order chi connectivity index (χ0) is 38.2. The van der Waals surface area contributed by atoms with Crippen molar-refractivity contribution in [2.45, 2.75) is 0 Å². The highest BCUT2D eigenvalue weighted by Crippen LogP contribution is 2.50. The van der Waals surface area contributed by atoms with E-state index in [9.17, 15) is 0 Å². The highest BCUT2D eigenvalue weighted by atomic mass is 32.1. The number of benzene rings is 9. The molecule has 12 rings (SSSR count). The summed E-state index contributed by atoms with van der Waals surface area (Å²) in [6.45, 7) is 0. The highest BCUT2D eigenvalue weighted by molar-refractivity contribution is 7.27. The molecule has 58 heavy (non-hydrogen) atoms. The van der Waals surface area contributed by atoms with Gasteiger partial charge in [0, 0.05) is 64.1 Å². The third-order valence-corrected chi connectivity index (χ3v) is 12.8. The molecule has 0 saturated heterocycles. The number of aromatic nitrogens is 3. The number of hydrogen-bond donors (Lipinski definition) is 0. The van der Waals surface area contributed by atoms with Crippen LogP contribution in [-0.2, 0) is 0 Å². The normalized spacial score (nSPS) is 11.8. The van der Waals surface area contributed by atoms with Crippen molar-refractivity contribution in [1.29, 1.82) is 0 Å². The second kappa shape index (κ2) is 13.1. The van der Waals surface area contributed by atoms with E-state index in [-0.39, 0.29) is 0 Å². The van der Waals surface area contributed by atoms with Crippen molar-refractivity contribution in [3.05, 3.63) is 200 Å². The van der Waals surface area contributed by atoms with Gasteiger partial charge in [0.05, 0.1) is 22.4 Å². The van der Waals surface area contributed by atoms with E-state index in [0.717, 1.165) is 33.8 Å². The molecule has 0 aliphatic rings. The van der Waals surface area contributed by atoms with Gasteiger partial charge in [-0.25, -0.2) is 9.97 Å². The number of hydrogen-bond acceptors (Lipinski definition) is 3. The fraction of sp³-hybridized carbons (Fsp3) is 0.